The first kappa shape index (κ1) is 8.98. The Bertz CT molecular complexity index is 472. The minimum Gasteiger partial charge on any atom is -0.232 e. The van der Waals surface area contributed by atoms with Crippen molar-refractivity contribution >= 4 is 5.65 Å². The predicted octanol–water partition coefficient (Wildman–Crippen LogP) is 2.06. The van der Waals surface area contributed by atoms with Gasteiger partial charge in [0.05, 0.1) is 23.7 Å². The molecule has 0 fully saturated rings. The van der Waals surface area contributed by atoms with Crippen molar-refractivity contribution in [1.82, 2.24) is 14.6 Å². The van der Waals surface area contributed by atoms with Crippen LogP contribution in [0.15, 0.2) is 18.5 Å². The second-order valence-corrected chi connectivity index (χ2v) is 2.93. The Morgan fingerprint density at radius 1 is 1.36 bits per heavy atom. The number of imidazole rings is 1. The lowest BCUT2D eigenvalue weighted by molar-refractivity contribution is -0.137. The Kier molecular flexibility index (Phi) is 1.73. The molecule has 0 aliphatic heterocycles. The number of nitrogens with zero attached hydrogens (tertiary/aromatic N) is 3. The zero-order chi connectivity index (χ0) is 10.3. The van der Waals surface area contributed by atoms with E-state index < -0.39 is 11.7 Å². The third-order valence-corrected chi connectivity index (χ3v) is 1.77. The molecule has 0 aromatic carbocycles. The molecule has 0 bridgehead atoms. The van der Waals surface area contributed by atoms with Crippen LogP contribution in [0.1, 0.15) is 11.3 Å². The summed E-state index contributed by atoms with van der Waals surface area (Å²) >= 11 is 0. The summed E-state index contributed by atoms with van der Waals surface area (Å²) in [6, 6.07) is 0.972. The molecule has 0 radical (unpaired) electrons. The van der Waals surface area contributed by atoms with E-state index in [0.717, 1.165) is 12.3 Å². The summed E-state index contributed by atoms with van der Waals surface area (Å²) in [4.78, 5) is 3.89. The average molecular weight is 201 g/mol. The van der Waals surface area contributed by atoms with Crippen LogP contribution in [-0.4, -0.2) is 14.6 Å². The van der Waals surface area contributed by atoms with Crippen molar-refractivity contribution in [3.05, 3.63) is 29.7 Å². The Hall–Kier alpha value is -1.59. The lowest BCUT2D eigenvalue weighted by Crippen LogP contribution is -2.06. The maximum absolute atomic E-state index is 12.2. The van der Waals surface area contributed by atoms with Crippen LogP contribution in [-0.2, 0) is 6.18 Å². The van der Waals surface area contributed by atoms with Gasteiger partial charge in [0.15, 0.2) is 5.65 Å². The van der Waals surface area contributed by atoms with Crippen molar-refractivity contribution in [2.75, 3.05) is 0 Å². The second-order valence-electron chi connectivity index (χ2n) is 2.93. The Morgan fingerprint density at radius 3 is 2.71 bits per heavy atom. The first-order chi connectivity index (χ1) is 6.47. The summed E-state index contributed by atoms with van der Waals surface area (Å²) in [5.41, 5.74) is 0.0600. The molecule has 2 heterocycles. The number of aryl methyl sites for hydroxylation is 1. The molecule has 0 atom stereocenters. The van der Waals surface area contributed by atoms with E-state index in [4.69, 9.17) is 0 Å². The fourth-order valence-corrected chi connectivity index (χ4v) is 1.15. The lowest BCUT2D eigenvalue weighted by Gasteiger charge is -2.04. The molecule has 6 heteroatoms. The number of hydrogen-bond donors (Lipinski definition) is 0. The van der Waals surface area contributed by atoms with Crippen LogP contribution >= 0.6 is 0 Å². The van der Waals surface area contributed by atoms with Crippen LogP contribution < -0.4 is 0 Å². The fraction of sp³-hybridized carbons (Fsp3) is 0.250. The molecule has 0 saturated carbocycles. The highest BCUT2D eigenvalue weighted by Crippen LogP contribution is 2.28. The summed E-state index contributed by atoms with van der Waals surface area (Å²) in [5, 5.41) is 3.60. The average Bonchev–Trinajstić information content (AvgIpc) is 2.41. The minimum absolute atomic E-state index is 0.206. The monoisotopic (exact) mass is 201 g/mol. The van der Waals surface area contributed by atoms with Crippen molar-refractivity contribution in [1.29, 1.82) is 0 Å². The summed E-state index contributed by atoms with van der Waals surface area (Å²) in [7, 11) is 0. The van der Waals surface area contributed by atoms with Gasteiger partial charge >= 0.3 is 6.18 Å². The smallest absolute Gasteiger partial charge is 0.232 e. The van der Waals surface area contributed by atoms with Crippen molar-refractivity contribution in [3.63, 3.8) is 0 Å². The molecule has 0 N–H and O–H groups in total. The van der Waals surface area contributed by atoms with E-state index in [1.807, 2.05) is 0 Å². The van der Waals surface area contributed by atoms with Crippen LogP contribution in [0.2, 0.25) is 0 Å². The number of halogens is 3. The van der Waals surface area contributed by atoms with Crippen LogP contribution in [0.25, 0.3) is 5.65 Å². The third-order valence-electron chi connectivity index (χ3n) is 1.77. The van der Waals surface area contributed by atoms with Crippen LogP contribution in [0.3, 0.4) is 0 Å². The van der Waals surface area contributed by atoms with Gasteiger partial charge in [-0.2, -0.15) is 18.3 Å². The normalized spacial score (nSPS) is 12.3. The van der Waals surface area contributed by atoms with E-state index in [9.17, 15) is 13.2 Å². The molecular formula is C8H6F3N3. The van der Waals surface area contributed by atoms with Gasteiger partial charge in [0, 0.05) is 0 Å². The van der Waals surface area contributed by atoms with E-state index >= 15 is 0 Å². The van der Waals surface area contributed by atoms with Gasteiger partial charge in [-0.05, 0) is 13.0 Å². The fourth-order valence-electron chi connectivity index (χ4n) is 1.15. The third kappa shape index (κ3) is 1.43. The predicted molar refractivity (Wildman–Crippen MR) is 42.7 cm³/mol. The van der Waals surface area contributed by atoms with Gasteiger partial charge in [-0.3, -0.25) is 0 Å². The second kappa shape index (κ2) is 2.70. The molecule has 0 amide bonds. The molecule has 0 unspecified atom stereocenters. The van der Waals surface area contributed by atoms with Gasteiger partial charge in [-0.15, -0.1) is 0 Å². The molecule has 2 aromatic rings. The maximum atomic E-state index is 12.2. The topological polar surface area (TPSA) is 30.2 Å². The summed E-state index contributed by atoms with van der Waals surface area (Å²) in [5.74, 6) is 0. The van der Waals surface area contributed by atoms with E-state index in [1.54, 1.807) is 13.1 Å². The summed E-state index contributed by atoms with van der Waals surface area (Å²) in [6.45, 7) is 1.70. The molecule has 0 aliphatic carbocycles. The molecule has 14 heavy (non-hydrogen) atoms. The van der Waals surface area contributed by atoms with Crippen LogP contribution in [0.5, 0.6) is 0 Å². The molecule has 0 saturated heterocycles. The highest BCUT2D eigenvalue weighted by molar-refractivity contribution is 5.41. The van der Waals surface area contributed by atoms with Gasteiger partial charge in [-0.25, -0.2) is 9.50 Å². The first-order valence-corrected chi connectivity index (χ1v) is 3.86. The van der Waals surface area contributed by atoms with Crippen molar-refractivity contribution in [2.24, 2.45) is 0 Å². The minimum atomic E-state index is -4.37. The Labute approximate surface area is 77.2 Å². The van der Waals surface area contributed by atoms with E-state index in [2.05, 4.69) is 10.1 Å². The zero-order valence-corrected chi connectivity index (χ0v) is 7.21. The largest absolute Gasteiger partial charge is 0.418 e. The molecule has 2 aromatic heterocycles. The number of hydrogen-bond acceptors (Lipinski definition) is 2. The molecule has 0 spiro atoms. The van der Waals surface area contributed by atoms with E-state index in [1.165, 1.54) is 4.52 Å². The van der Waals surface area contributed by atoms with Gasteiger partial charge in [0.2, 0.25) is 0 Å². The van der Waals surface area contributed by atoms with Crippen LogP contribution in [0.4, 0.5) is 13.2 Å². The molecule has 3 nitrogen and oxygen atoms in total. The quantitative estimate of drug-likeness (QED) is 0.653. The van der Waals surface area contributed by atoms with Crippen molar-refractivity contribution in [2.45, 2.75) is 13.1 Å². The number of fused-ring (bicyclic) bond motifs is 1. The Morgan fingerprint density at radius 2 is 2.07 bits per heavy atom. The van der Waals surface area contributed by atoms with Crippen LogP contribution in [0, 0.1) is 6.92 Å². The highest BCUT2D eigenvalue weighted by atomic mass is 19.4. The van der Waals surface area contributed by atoms with Crippen molar-refractivity contribution in [3.8, 4) is 0 Å². The van der Waals surface area contributed by atoms with Crippen molar-refractivity contribution < 1.29 is 13.2 Å². The maximum Gasteiger partial charge on any atom is 0.418 e. The summed E-state index contributed by atoms with van der Waals surface area (Å²) in [6.07, 6.45) is -2.02. The van der Waals surface area contributed by atoms with Gasteiger partial charge < -0.3 is 0 Å². The lowest BCUT2D eigenvalue weighted by atomic mass is 10.3. The SMILES string of the molecule is Cc1cn2ncc(C(F)(F)F)cc2n1. The summed E-state index contributed by atoms with van der Waals surface area (Å²) < 4.78 is 38.0. The number of alkyl halides is 3. The molecule has 0 aliphatic rings. The van der Waals surface area contributed by atoms with Gasteiger partial charge in [0.1, 0.15) is 0 Å². The molecule has 2 rings (SSSR count). The standard InChI is InChI=1S/C8H6F3N3/c1-5-4-14-7(13-5)2-6(3-12-14)8(9,10)11/h2-4H,1H3. The van der Waals surface area contributed by atoms with E-state index in [0.29, 0.717) is 5.69 Å². The number of aromatic nitrogens is 3. The zero-order valence-electron chi connectivity index (χ0n) is 7.21. The number of rotatable bonds is 0. The van der Waals surface area contributed by atoms with Gasteiger partial charge in [-0.1, -0.05) is 0 Å². The van der Waals surface area contributed by atoms with Gasteiger partial charge in [0.25, 0.3) is 0 Å². The first-order valence-electron chi connectivity index (χ1n) is 3.86. The Balaban J connectivity index is 2.62. The molecular weight excluding hydrogens is 195 g/mol. The molecule has 74 valence electrons. The highest BCUT2D eigenvalue weighted by Gasteiger charge is 2.31. The van der Waals surface area contributed by atoms with E-state index in [-0.39, 0.29) is 5.65 Å².